The topological polar surface area (TPSA) is 65.4 Å². The van der Waals surface area contributed by atoms with E-state index in [0.717, 1.165) is 0 Å². The summed E-state index contributed by atoms with van der Waals surface area (Å²) < 4.78 is 32.4. The van der Waals surface area contributed by atoms with Gasteiger partial charge in [0.25, 0.3) is 0 Å². The highest BCUT2D eigenvalue weighted by Gasteiger charge is 2.25. The van der Waals surface area contributed by atoms with Crippen molar-refractivity contribution < 1.29 is 17.9 Å². The highest BCUT2D eigenvalue weighted by Crippen LogP contribution is 2.33. The summed E-state index contributed by atoms with van der Waals surface area (Å²) in [5.74, 6) is 0. The highest BCUT2D eigenvalue weighted by atomic mass is 79.9. The van der Waals surface area contributed by atoms with Gasteiger partial charge in [0.15, 0.2) is 9.84 Å². The first kappa shape index (κ1) is 19.0. The molecule has 0 radical (unpaired) electrons. The van der Waals surface area contributed by atoms with Gasteiger partial charge in [0.05, 0.1) is 15.7 Å². The molecular formula is C17H22BrNO4S. The number of hydrogen-bond donors (Lipinski definition) is 0. The number of carbonyl (C=O) groups is 1. The Labute approximate surface area is 151 Å². The smallest absolute Gasteiger partial charge is 0.419 e. The number of hydrogen-bond acceptors (Lipinski definition) is 4. The molecule has 0 saturated heterocycles. The molecule has 0 spiro atoms. The Balaban J connectivity index is 2.66. The second-order valence-electron chi connectivity index (χ2n) is 6.99. The summed E-state index contributed by atoms with van der Waals surface area (Å²) in [6, 6.07) is 4.78. The Morgan fingerprint density at radius 1 is 1.25 bits per heavy atom. The van der Waals surface area contributed by atoms with E-state index in [1.165, 1.54) is 10.6 Å². The maximum atomic E-state index is 12.5. The molecule has 7 heteroatoms. The lowest BCUT2D eigenvalue weighted by molar-refractivity contribution is 0.0541. The standard InChI is InChI=1S/C17H22BrNO4S/c1-10(2)24(21,22)12-7-8-14-13(9-12)15(18)11(3)19(14)16(20)23-17(4,5)6/h7-10H,1-6H3. The van der Waals surface area contributed by atoms with Crippen molar-refractivity contribution in [3.8, 4) is 0 Å². The first-order chi connectivity index (χ1) is 10.9. The highest BCUT2D eigenvalue weighted by molar-refractivity contribution is 9.10. The van der Waals surface area contributed by atoms with Crippen LogP contribution in [0.3, 0.4) is 0 Å². The van der Waals surface area contributed by atoms with Gasteiger partial charge in [-0.1, -0.05) is 0 Å². The molecule has 1 aromatic heterocycles. The largest absolute Gasteiger partial charge is 0.443 e. The second kappa shape index (κ2) is 6.19. The third-order valence-electron chi connectivity index (χ3n) is 3.62. The van der Waals surface area contributed by atoms with Crippen molar-refractivity contribution in [3.63, 3.8) is 0 Å². The fourth-order valence-electron chi connectivity index (χ4n) is 2.35. The maximum Gasteiger partial charge on any atom is 0.419 e. The monoisotopic (exact) mass is 415 g/mol. The molecule has 1 aromatic carbocycles. The van der Waals surface area contributed by atoms with Crippen molar-refractivity contribution in [1.29, 1.82) is 0 Å². The van der Waals surface area contributed by atoms with Gasteiger partial charge in [-0.3, -0.25) is 0 Å². The Kier molecular flexibility index (Phi) is 4.89. The van der Waals surface area contributed by atoms with Crippen molar-refractivity contribution in [3.05, 3.63) is 28.4 Å². The minimum atomic E-state index is -3.38. The number of benzene rings is 1. The summed E-state index contributed by atoms with van der Waals surface area (Å²) in [6.07, 6.45) is -0.491. The van der Waals surface area contributed by atoms with Gasteiger partial charge in [-0.25, -0.2) is 17.8 Å². The van der Waals surface area contributed by atoms with Crippen molar-refractivity contribution >= 4 is 42.8 Å². The summed E-state index contributed by atoms with van der Waals surface area (Å²) in [5, 5.41) is 0.155. The van der Waals surface area contributed by atoms with Crippen LogP contribution in [0.5, 0.6) is 0 Å². The Morgan fingerprint density at radius 3 is 2.33 bits per heavy atom. The van der Waals surface area contributed by atoms with Crippen LogP contribution >= 0.6 is 15.9 Å². The molecule has 0 bridgehead atoms. The second-order valence-corrected chi connectivity index (χ2v) is 10.3. The van der Waals surface area contributed by atoms with Gasteiger partial charge in [-0.05, 0) is 75.7 Å². The molecule has 0 atom stereocenters. The fourth-order valence-corrected chi connectivity index (χ4v) is 3.93. The summed E-state index contributed by atoms with van der Waals surface area (Å²) >= 11 is 3.46. The van der Waals surface area contributed by atoms with Crippen LogP contribution in [0.4, 0.5) is 4.79 Å². The van der Waals surface area contributed by atoms with Crippen LogP contribution in [0.15, 0.2) is 27.6 Å². The third kappa shape index (κ3) is 3.37. The maximum absolute atomic E-state index is 12.5. The van der Waals surface area contributed by atoms with Gasteiger partial charge in [0.2, 0.25) is 0 Å². The summed E-state index contributed by atoms with van der Waals surface area (Å²) in [4.78, 5) is 12.7. The number of ether oxygens (including phenoxy) is 1. The molecule has 24 heavy (non-hydrogen) atoms. The predicted molar refractivity (Wildman–Crippen MR) is 98.3 cm³/mol. The number of nitrogens with zero attached hydrogens (tertiary/aromatic N) is 1. The molecule has 5 nitrogen and oxygen atoms in total. The molecule has 132 valence electrons. The number of carbonyl (C=O) groups excluding carboxylic acids is 1. The number of sulfone groups is 1. The zero-order chi connectivity index (χ0) is 18.4. The van der Waals surface area contributed by atoms with Crippen molar-refractivity contribution in [2.24, 2.45) is 0 Å². The number of fused-ring (bicyclic) bond motifs is 1. The molecular weight excluding hydrogens is 394 g/mol. The van der Waals surface area contributed by atoms with Gasteiger partial charge in [-0.2, -0.15) is 0 Å². The Bertz CT molecular complexity index is 905. The Hall–Kier alpha value is -1.34. The molecule has 2 aromatic rings. The van der Waals surface area contributed by atoms with E-state index in [9.17, 15) is 13.2 Å². The zero-order valence-electron chi connectivity index (χ0n) is 14.7. The lowest BCUT2D eigenvalue weighted by Crippen LogP contribution is -2.27. The van der Waals surface area contributed by atoms with Crippen molar-refractivity contribution in [2.45, 2.75) is 57.3 Å². The predicted octanol–water partition coefficient (Wildman–Crippen LogP) is 4.68. The zero-order valence-corrected chi connectivity index (χ0v) is 17.1. The van der Waals surface area contributed by atoms with Crippen LogP contribution in [0, 0.1) is 6.92 Å². The van der Waals surface area contributed by atoms with Crippen molar-refractivity contribution in [2.75, 3.05) is 0 Å². The van der Waals surface area contributed by atoms with Crippen LogP contribution in [-0.4, -0.2) is 29.9 Å². The van der Waals surface area contributed by atoms with E-state index in [-0.39, 0.29) is 4.90 Å². The molecule has 0 fully saturated rings. The minimum Gasteiger partial charge on any atom is -0.443 e. The van der Waals surface area contributed by atoms with Gasteiger partial charge in [0.1, 0.15) is 5.60 Å². The molecule has 0 aliphatic heterocycles. The lowest BCUT2D eigenvalue weighted by atomic mass is 10.2. The molecule has 0 amide bonds. The van der Waals surface area contributed by atoms with Crippen LogP contribution in [0.2, 0.25) is 0 Å². The van der Waals surface area contributed by atoms with Crippen LogP contribution in [-0.2, 0) is 14.6 Å². The number of rotatable bonds is 2. The molecule has 0 aliphatic rings. The van der Waals surface area contributed by atoms with Gasteiger partial charge < -0.3 is 4.74 Å². The quantitative estimate of drug-likeness (QED) is 0.713. The number of halogens is 1. The van der Waals surface area contributed by atoms with E-state index in [4.69, 9.17) is 4.74 Å². The third-order valence-corrected chi connectivity index (χ3v) is 6.78. The van der Waals surface area contributed by atoms with E-state index in [2.05, 4.69) is 15.9 Å². The van der Waals surface area contributed by atoms with E-state index in [1.54, 1.807) is 53.7 Å². The number of aromatic nitrogens is 1. The summed E-state index contributed by atoms with van der Waals surface area (Å²) in [5.41, 5.74) is 0.655. The average molecular weight is 416 g/mol. The average Bonchev–Trinajstić information content (AvgIpc) is 2.68. The van der Waals surface area contributed by atoms with E-state index < -0.39 is 26.8 Å². The molecule has 1 heterocycles. The van der Waals surface area contributed by atoms with Gasteiger partial charge in [-0.15, -0.1) is 0 Å². The van der Waals surface area contributed by atoms with Crippen LogP contribution in [0.1, 0.15) is 40.3 Å². The van der Waals surface area contributed by atoms with Crippen LogP contribution < -0.4 is 0 Å². The molecule has 0 saturated carbocycles. The molecule has 2 rings (SSSR count). The minimum absolute atomic E-state index is 0.243. The molecule has 0 N–H and O–H groups in total. The normalized spacial score (nSPS) is 12.8. The molecule has 0 unspecified atom stereocenters. The lowest BCUT2D eigenvalue weighted by Gasteiger charge is -2.20. The molecule has 0 aliphatic carbocycles. The first-order valence-electron chi connectivity index (χ1n) is 7.64. The van der Waals surface area contributed by atoms with Gasteiger partial charge in [0, 0.05) is 15.6 Å². The van der Waals surface area contributed by atoms with E-state index >= 15 is 0 Å². The summed E-state index contributed by atoms with van der Waals surface area (Å²) in [6.45, 7) is 10.5. The first-order valence-corrected chi connectivity index (χ1v) is 9.98. The van der Waals surface area contributed by atoms with Crippen LogP contribution in [0.25, 0.3) is 10.9 Å². The Morgan fingerprint density at radius 2 is 1.83 bits per heavy atom. The van der Waals surface area contributed by atoms with Gasteiger partial charge >= 0.3 is 6.09 Å². The SMILES string of the molecule is Cc1c(Br)c2cc(S(=O)(=O)C(C)C)ccc2n1C(=O)OC(C)(C)C. The van der Waals surface area contributed by atoms with E-state index in [1.807, 2.05) is 0 Å². The summed E-state index contributed by atoms with van der Waals surface area (Å²) in [7, 11) is -3.38. The van der Waals surface area contributed by atoms with Crippen molar-refractivity contribution in [1.82, 2.24) is 4.57 Å². The van der Waals surface area contributed by atoms with E-state index in [0.29, 0.717) is 21.1 Å². The fraction of sp³-hybridized carbons (Fsp3) is 0.471.